The first-order valence-electron chi connectivity index (χ1n) is 9.96. The molecule has 1 heterocycles. The number of rotatable bonds is 4. The third kappa shape index (κ3) is 5.74. The van der Waals surface area contributed by atoms with E-state index in [0.717, 1.165) is 39.2 Å². The molecular formula is C25H29ClNO2P. The molecule has 3 nitrogen and oxygen atoms in total. The van der Waals surface area contributed by atoms with Crippen molar-refractivity contribution in [3.8, 4) is 33.9 Å². The molecule has 0 bridgehead atoms. The predicted octanol–water partition coefficient (Wildman–Crippen LogP) is 6.92. The molecule has 0 radical (unpaired) electrons. The van der Waals surface area contributed by atoms with Crippen LogP contribution in [0.4, 0.5) is 0 Å². The number of halogens is 1. The zero-order valence-corrected chi connectivity index (χ0v) is 20.3. The lowest BCUT2D eigenvalue weighted by Gasteiger charge is -2.22. The van der Waals surface area contributed by atoms with Crippen LogP contribution in [0.15, 0.2) is 54.7 Å². The molecule has 3 rings (SSSR count). The van der Waals surface area contributed by atoms with Crippen LogP contribution in [-0.2, 0) is 0 Å². The molecule has 1 unspecified atom stereocenters. The Kier molecular flexibility index (Phi) is 6.45. The van der Waals surface area contributed by atoms with Gasteiger partial charge >= 0.3 is 0 Å². The maximum Gasteiger partial charge on any atom is 0.120 e. The minimum atomic E-state index is -0.272. The summed E-state index contributed by atoms with van der Waals surface area (Å²) in [6.45, 7) is 12.2. The van der Waals surface area contributed by atoms with Gasteiger partial charge in [0.05, 0.1) is 10.7 Å². The van der Waals surface area contributed by atoms with Crippen LogP contribution in [0.3, 0.4) is 0 Å². The summed E-state index contributed by atoms with van der Waals surface area (Å²) in [6.07, 6.45) is 1.86. The van der Waals surface area contributed by atoms with Crippen molar-refractivity contribution in [1.29, 1.82) is 0 Å². The Balaban J connectivity index is 1.98. The highest BCUT2D eigenvalue weighted by Crippen LogP contribution is 2.33. The van der Waals surface area contributed by atoms with Crippen LogP contribution in [0, 0.1) is 0 Å². The fourth-order valence-corrected chi connectivity index (χ4v) is 3.71. The molecule has 0 aliphatic rings. The van der Waals surface area contributed by atoms with E-state index in [-0.39, 0.29) is 11.2 Å². The first-order valence-corrected chi connectivity index (χ1v) is 10.9. The molecule has 0 spiro atoms. The van der Waals surface area contributed by atoms with Gasteiger partial charge in [0.25, 0.3) is 0 Å². The standard InChI is InChI=1S/C25H29ClNO2P/c1-24(2,3)28-18-11-7-9-16(13-18)20-15-27-22(21(26)23(20)30)17-10-8-12-19(14-17)29-25(4,5)6/h7-15H,30H2,1-6H3. The van der Waals surface area contributed by atoms with Gasteiger partial charge in [-0.25, -0.2) is 0 Å². The normalized spacial score (nSPS) is 12.0. The van der Waals surface area contributed by atoms with Gasteiger partial charge in [0.15, 0.2) is 0 Å². The summed E-state index contributed by atoms with van der Waals surface area (Å²) < 4.78 is 12.0. The molecule has 158 valence electrons. The van der Waals surface area contributed by atoms with Gasteiger partial charge in [0.2, 0.25) is 0 Å². The average Bonchev–Trinajstić information content (AvgIpc) is 2.61. The van der Waals surface area contributed by atoms with Crippen LogP contribution in [0.2, 0.25) is 5.02 Å². The molecule has 5 heteroatoms. The SMILES string of the molecule is CC(C)(C)Oc1cccc(-c2cnc(-c3cccc(OC(C)(C)C)c3)c(Cl)c2P)c1. The zero-order valence-electron chi connectivity index (χ0n) is 18.4. The van der Waals surface area contributed by atoms with E-state index < -0.39 is 0 Å². The number of ether oxygens (including phenoxy) is 2. The highest BCUT2D eigenvalue weighted by atomic mass is 35.5. The van der Waals surface area contributed by atoms with E-state index in [1.165, 1.54) is 0 Å². The fourth-order valence-electron chi connectivity index (χ4n) is 3.07. The van der Waals surface area contributed by atoms with Crippen molar-refractivity contribution in [1.82, 2.24) is 4.98 Å². The van der Waals surface area contributed by atoms with Crippen molar-refractivity contribution in [2.45, 2.75) is 52.7 Å². The smallest absolute Gasteiger partial charge is 0.120 e. The Bertz CT molecular complexity index is 967. The van der Waals surface area contributed by atoms with Crippen molar-refractivity contribution in [3.63, 3.8) is 0 Å². The molecular weight excluding hydrogens is 413 g/mol. The van der Waals surface area contributed by atoms with Gasteiger partial charge in [0.1, 0.15) is 22.7 Å². The number of hydrogen-bond donors (Lipinski definition) is 0. The molecule has 0 fully saturated rings. The molecule has 3 aromatic rings. The van der Waals surface area contributed by atoms with Gasteiger partial charge in [-0.3, -0.25) is 4.98 Å². The van der Waals surface area contributed by atoms with Gasteiger partial charge in [-0.05, 0) is 76.7 Å². The molecule has 1 atom stereocenters. The summed E-state index contributed by atoms with van der Waals surface area (Å²) in [5.74, 6) is 1.61. The molecule has 0 N–H and O–H groups in total. The summed E-state index contributed by atoms with van der Waals surface area (Å²) in [5, 5.41) is 1.50. The van der Waals surface area contributed by atoms with E-state index in [9.17, 15) is 0 Å². The van der Waals surface area contributed by atoms with Crippen molar-refractivity contribution in [2.24, 2.45) is 0 Å². The van der Waals surface area contributed by atoms with E-state index >= 15 is 0 Å². The third-order valence-electron chi connectivity index (χ3n) is 4.16. The summed E-state index contributed by atoms with van der Waals surface area (Å²) in [7, 11) is 2.76. The van der Waals surface area contributed by atoms with Gasteiger partial charge in [-0.15, -0.1) is 9.24 Å². The number of pyridine rings is 1. The van der Waals surface area contributed by atoms with Crippen molar-refractivity contribution in [3.05, 3.63) is 59.8 Å². The summed E-state index contributed by atoms with van der Waals surface area (Å²) >= 11 is 6.76. The second-order valence-electron chi connectivity index (χ2n) is 9.23. The van der Waals surface area contributed by atoms with Gasteiger partial charge in [0, 0.05) is 17.3 Å². The van der Waals surface area contributed by atoms with E-state index in [4.69, 9.17) is 21.1 Å². The predicted molar refractivity (Wildman–Crippen MR) is 130 cm³/mol. The minimum Gasteiger partial charge on any atom is -0.488 e. The maximum absolute atomic E-state index is 6.76. The van der Waals surface area contributed by atoms with Crippen molar-refractivity contribution in [2.75, 3.05) is 0 Å². The monoisotopic (exact) mass is 441 g/mol. The number of aromatic nitrogens is 1. The van der Waals surface area contributed by atoms with E-state index in [1.54, 1.807) is 0 Å². The number of benzene rings is 2. The second-order valence-corrected chi connectivity index (χ2v) is 10.2. The first kappa shape index (κ1) is 22.6. The maximum atomic E-state index is 6.76. The van der Waals surface area contributed by atoms with Crippen LogP contribution in [0.5, 0.6) is 11.5 Å². The Morgan fingerprint density at radius 3 is 1.83 bits per heavy atom. The molecule has 2 aromatic carbocycles. The average molecular weight is 442 g/mol. The lowest BCUT2D eigenvalue weighted by Crippen LogP contribution is -2.23. The third-order valence-corrected chi connectivity index (χ3v) is 5.32. The molecule has 1 aromatic heterocycles. The van der Waals surface area contributed by atoms with E-state index in [0.29, 0.717) is 5.02 Å². The molecule has 0 aliphatic heterocycles. The number of nitrogens with zero attached hydrogens (tertiary/aromatic N) is 1. The summed E-state index contributed by atoms with van der Waals surface area (Å²) in [4.78, 5) is 4.69. The summed E-state index contributed by atoms with van der Waals surface area (Å²) in [5.41, 5.74) is 3.07. The Morgan fingerprint density at radius 1 is 0.800 bits per heavy atom. The zero-order chi connectivity index (χ0) is 22.1. The Hall–Kier alpha value is -2.09. The topological polar surface area (TPSA) is 31.4 Å². The number of hydrogen-bond acceptors (Lipinski definition) is 3. The van der Waals surface area contributed by atoms with E-state index in [2.05, 4.69) is 14.2 Å². The largest absolute Gasteiger partial charge is 0.488 e. The second kappa shape index (κ2) is 8.57. The fraction of sp³-hybridized carbons (Fsp3) is 0.320. The van der Waals surface area contributed by atoms with Crippen molar-refractivity contribution < 1.29 is 9.47 Å². The minimum absolute atomic E-state index is 0.262. The van der Waals surface area contributed by atoms with E-state index in [1.807, 2.05) is 96.3 Å². The van der Waals surface area contributed by atoms with Crippen molar-refractivity contribution >= 4 is 26.1 Å². The quantitative estimate of drug-likeness (QED) is 0.411. The highest BCUT2D eigenvalue weighted by Gasteiger charge is 2.17. The van der Waals surface area contributed by atoms with Gasteiger partial charge < -0.3 is 9.47 Å². The molecule has 0 aliphatic carbocycles. The van der Waals surface area contributed by atoms with Crippen LogP contribution >= 0.6 is 20.8 Å². The van der Waals surface area contributed by atoms with Crippen LogP contribution in [-0.4, -0.2) is 16.2 Å². The molecule has 0 saturated carbocycles. The summed E-state index contributed by atoms with van der Waals surface area (Å²) in [6, 6.07) is 15.9. The molecule has 0 amide bonds. The molecule has 0 saturated heterocycles. The van der Waals surface area contributed by atoms with Gasteiger partial charge in [-0.2, -0.15) is 0 Å². The van der Waals surface area contributed by atoms with Crippen LogP contribution < -0.4 is 14.8 Å². The lowest BCUT2D eigenvalue weighted by atomic mass is 10.0. The molecule has 30 heavy (non-hydrogen) atoms. The van der Waals surface area contributed by atoms with Gasteiger partial charge in [-0.1, -0.05) is 35.9 Å². The first-order chi connectivity index (χ1) is 13.9. The van der Waals surface area contributed by atoms with Crippen LogP contribution in [0.25, 0.3) is 22.4 Å². The highest BCUT2D eigenvalue weighted by molar-refractivity contribution is 7.28. The van der Waals surface area contributed by atoms with Crippen LogP contribution in [0.1, 0.15) is 41.5 Å². The lowest BCUT2D eigenvalue weighted by molar-refractivity contribution is 0.130. The Morgan fingerprint density at radius 2 is 1.30 bits per heavy atom. The Labute approximate surface area is 187 Å².